The van der Waals surface area contributed by atoms with E-state index >= 15 is 0 Å². The highest BCUT2D eigenvalue weighted by Gasteiger charge is 2.18. The van der Waals surface area contributed by atoms with Crippen LogP contribution in [0.4, 0.5) is 5.82 Å². The summed E-state index contributed by atoms with van der Waals surface area (Å²) in [5.41, 5.74) is 2.51. The zero-order chi connectivity index (χ0) is 12.5. The maximum atomic E-state index is 5.90. The van der Waals surface area contributed by atoms with Gasteiger partial charge in [0.15, 0.2) is 0 Å². The lowest BCUT2D eigenvalue weighted by Gasteiger charge is -2.24. The van der Waals surface area contributed by atoms with Crippen molar-refractivity contribution in [2.24, 2.45) is 0 Å². The second-order valence-corrected chi connectivity index (χ2v) is 5.06. The number of hydrogen-bond acceptors (Lipinski definition) is 3. The number of nitrogens with one attached hydrogen (secondary N) is 1. The summed E-state index contributed by atoms with van der Waals surface area (Å²) in [6, 6.07) is 7.85. The van der Waals surface area contributed by atoms with Crippen molar-refractivity contribution in [1.29, 1.82) is 0 Å². The van der Waals surface area contributed by atoms with Crippen LogP contribution in [0.3, 0.4) is 0 Å². The van der Waals surface area contributed by atoms with Crippen LogP contribution in [0.5, 0.6) is 0 Å². The van der Waals surface area contributed by atoms with Crippen molar-refractivity contribution in [2.45, 2.75) is 26.3 Å². The van der Waals surface area contributed by atoms with Gasteiger partial charge in [-0.05, 0) is 32.9 Å². The van der Waals surface area contributed by atoms with Crippen LogP contribution in [0.25, 0.3) is 11.0 Å². The van der Waals surface area contributed by atoms with Gasteiger partial charge in [-0.15, -0.1) is 11.6 Å². The molecule has 1 N–H and O–H groups in total. The Morgan fingerprint density at radius 1 is 1.18 bits per heavy atom. The summed E-state index contributed by atoms with van der Waals surface area (Å²) in [4.78, 5) is 9.10. The lowest BCUT2D eigenvalue weighted by atomic mass is 10.1. The van der Waals surface area contributed by atoms with Crippen molar-refractivity contribution >= 4 is 28.5 Å². The van der Waals surface area contributed by atoms with Crippen LogP contribution in [-0.4, -0.2) is 21.4 Å². The first-order valence-electron chi connectivity index (χ1n) is 5.59. The third kappa shape index (κ3) is 2.67. The molecular formula is C13H16ClN3. The number of hydrogen-bond donors (Lipinski definition) is 1. The Hall–Kier alpha value is -1.35. The molecular weight excluding hydrogens is 234 g/mol. The van der Waals surface area contributed by atoms with E-state index < -0.39 is 0 Å². The van der Waals surface area contributed by atoms with Crippen LogP contribution in [0.2, 0.25) is 0 Å². The SMILES string of the molecule is Cc1nc2ccccc2nc1NC(C)(C)CCl. The molecule has 0 spiro atoms. The molecule has 2 aromatic rings. The van der Waals surface area contributed by atoms with Crippen molar-refractivity contribution in [1.82, 2.24) is 9.97 Å². The Labute approximate surface area is 106 Å². The number of benzene rings is 1. The molecule has 1 heterocycles. The topological polar surface area (TPSA) is 37.8 Å². The Morgan fingerprint density at radius 2 is 1.76 bits per heavy atom. The molecule has 0 atom stereocenters. The molecule has 0 aliphatic rings. The lowest BCUT2D eigenvalue weighted by molar-refractivity contribution is 0.636. The van der Waals surface area contributed by atoms with E-state index in [1.54, 1.807) is 0 Å². The fourth-order valence-electron chi connectivity index (χ4n) is 1.56. The predicted molar refractivity (Wildman–Crippen MR) is 72.7 cm³/mol. The number of halogens is 1. The summed E-state index contributed by atoms with van der Waals surface area (Å²) in [6.45, 7) is 6.03. The molecule has 17 heavy (non-hydrogen) atoms. The summed E-state index contributed by atoms with van der Waals surface area (Å²) in [6.07, 6.45) is 0. The number of aromatic nitrogens is 2. The first kappa shape index (κ1) is 12.1. The smallest absolute Gasteiger partial charge is 0.148 e. The molecule has 0 unspecified atom stereocenters. The van der Waals surface area contributed by atoms with Gasteiger partial charge in [0, 0.05) is 11.4 Å². The summed E-state index contributed by atoms with van der Waals surface area (Å²) in [5, 5.41) is 3.32. The van der Waals surface area contributed by atoms with Gasteiger partial charge < -0.3 is 5.32 Å². The second-order valence-electron chi connectivity index (χ2n) is 4.79. The van der Waals surface area contributed by atoms with Gasteiger partial charge in [0.2, 0.25) is 0 Å². The van der Waals surface area contributed by atoms with E-state index in [0.717, 1.165) is 22.5 Å². The van der Waals surface area contributed by atoms with Crippen LogP contribution in [0.1, 0.15) is 19.5 Å². The summed E-state index contributed by atoms with van der Waals surface area (Å²) >= 11 is 5.90. The molecule has 0 bridgehead atoms. The minimum Gasteiger partial charge on any atom is -0.362 e. The van der Waals surface area contributed by atoms with E-state index in [-0.39, 0.29) is 5.54 Å². The van der Waals surface area contributed by atoms with Crippen LogP contribution >= 0.6 is 11.6 Å². The largest absolute Gasteiger partial charge is 0.362 e. The Bertz CT molecular complexity index is 537. The molecule has 0 fully saturated rings. The molecule has 0 aliphatic heterocycles. The maximum Gasteiger partial charge on any atom is 0.148 e. The number of aryl methyl sites for hydroxylation is 1. The zero-order valence-corrected chi connectivity index (χ0v) is 11.0. The van der Waals surface area contributed by atoms with E-state index in [9.17, 15) is 0 Å². The van der Waals surface area contributed by atoms with E-state index in [2.05, 4.69) is 15.3 Å². The molecule has 1 aromatic heterocycles. The summed E-state index contributed by atoms with van der Waals surface area (Å²) < 4.78 is 0. The highest BCUT2D eigenvalue weighted by atomic mass is 35.5. The molecule has 1 aromatic carbocycles. The Morgan fingerprint density at radius 3 is 2.35 bits per heavy atom. The maximum absolute atomic E-state index is 5.90. The lowest BCUT2D eigenvalue weighted by Crippen LogP contribution is -2.33. The van der Waals surface area contributed by atoms with Gasteiger partial charge in [-0.3, -0.25) is 0 Å². The molecule has 4 heteroatoms. The van der Waals surface area contributed by atoms with Crippen molar-refractivity contribution in [3.8, 4) is 0 Å². The van der Waals surface area contributed by atoms with E-state index in [1.807, 2.05) is 45.0 Å². The molecule has 0 saturated carbocycles. The molecule has 0 amide bonds. The van der Waals surface area contributed by atoms with E-state index in [1.165, 1.54) is 0 Å². The predicted octanol–water partition coefficient (Wildman–Crippen LogP) is 3.37. The van der Waals surface area contributed by atoms with Crippen molar-refractivity contribution < 1.29 is 0 Å². The van der Waals surface area contributed by atoms with Gasteiger partial charge >= 0.3 is 0 Å². The van der Waals surface area contributed by atoms with Gasteiger partial charge in [0.1, 0.15) is 5.82 Å². The Balaban J connectivity index is 2.44. The summed E-state index contributed by atoms with van der Waals surface area (Å²) in [5.74, 6) is 1.32. The molecule has 0 radical (unpaired) electrons. The van der Waals surface area contributed by atoms with Gasteiger partial charge in [-0.1, -0.05) is 12.1 Å². The van der Waals surface area contributed by atoms with Crippen LogP contribution in [0.15, 0.2) is 24.3 Å². The Kier molecular flexibility index (Phi) is 3.20. The van der Waals surface area contributed by atoms with Crippen molar-refractivity contribution in [3.63, 3.8) is 0 Å². The second kappa shape index (κ2) is 4.49. The number of nitrogens with zero attached hydrogens (tertiary/aromatic N) is 2. The number of anilines is 1. The van der Waals surface area contributed by atoms with Crippen molar-refractivity contribution in [2.75, 3.05) is 11.2 Å². The van der Waals surface area contributed by atoms with Gasteiger partial charge in [0.05, 0.1) is 16.7 Å². The van der Waals surface area contributed by atoms with Crippen LogP contribution in [0, 0.1) is 6.92 Å². The fourth-order valence-corrected chi connectivity index (χ4v) is 1.63. The first-order valence-corrected chi connectivity index (χ1v) is 6.13. The number of para-hydroxylation sites is 2. The normalized spacial score (nSPS) is 11.8. The standard InChI is InChI=1S/C13H16ClN3/c1-9-12(17-13(2,3)8-14)16-11-7-5-4-6-10(11)15-9/h4-7H,8H2,1-3H3,(H,16,17). The number of rotatable bonds is 3. The molecule has 90 valence electrons. The van der Waals surface area contributed by atoms with E-state index in [0.29, 0.717) is 5.88 Å². The number of alkyl halides is 1. The third-order valence-electron chi connectivity index (χ3n) is 2.54. The minimum atomic E-state index is -0.191. The molecule has 0 aliphatic carbocycles. The zero-order valence-electron chi connectivity index (χ0n) is 10.3. The monoisotopic (exact) mass is 249 g/mol. The number of fused-ring (bicyclic) bond motifs is 1. The average molecular weight is 250 g/mol. The quantitative estimate of drug-likeness (QED) is 0.848. The molecule has 2 rings (SSSR count). The highest BCUT2D eigenvalue weighted by Crippen LogP contribution is 2.20. The van der Waals surface area contributed by atoms with Gasteiger partial charge in [-0.25, -0.2) is 9.97 Å². The molecule has 3 nitrogen and oxygen atoms in total. The third-order valence-corrected chi connectivity index (χ3v) is 3.20. The van der Waals surface area contributed by atoms with Crippen LogP contribution < -0.4 is 5.32 Å². The average Bonchev–Trinajstić information content (AvgIpc) is 2.30. The fraction of sp³-hybridized carbons (Fsp3) is 0.385. The minimum absolute atomic E-state index is 0.191. The highest BCUT2D eigenvalue weighted by molar-refractivity contribution is 6.18. The van der Waals surface area contributed by atoms with E-state index in [4.69, 9.17) is 11.6 Å². The first-order chi connectivity index (χ1) is 8.02. The van der Waals surface area contributed by atoms with Crippen molar-refractivity contribution in [3.05, 3.63) is 30.0 Å². The van der Waals surface area contributed by atoms with Gasteiger partial charge in [-0.2, -0.15) is 0 Å². The summed E-state index contributed by atoms with van der Waals surface area (Å²) in [7, 11) is 0. The van der Waals surface area contributed by atoms with Gasteiger partial charge in [0.25, 0.3) is 0 Å². The molecule has 0 saturated heterocycles. The van der Waals surface area contributed by atoms with Crippen LogP contribution in [-0.2, 0) is 0 Å².